The topological polar surface area (TPSA) is 149 Å². The maximum absolute atomic E-state index is 15.1. The molecule has 1 atom stereocenters. The summed E-state index contributed by atoms with van der Waals surface area (Å²) in [4.78, 5) is 44.6. The van der Waals surface area contributed by atoms with Crippen LogP contribution >= 0.6 is 0 Å². The molecular formula is C42H48FN9O4. The monoisotopic (exact) mass is 761 g/mol. The number of nitrogens with zero attached hydrogens (tertiary/aromatic N) is 6. The lowest BCUT2D eigenvalue weighted by molar-refractivity contribution is -0.111. The average Bonchev–Trinajstić information content (AvgIpc) is 3.67. The quantitative estimate of drug-likeness (QED) is 0.116. The lowest BCUT2D eigenvalue weighted by Crippen LogP contribution is -2.56. The lowest BCUT2D eigenvalue weighted by Gasteiger charge is -2.45. The molecule has 56 heavy (non-hydrogen) atoms. The van der Waals surface area contributed by atoms with Crippen molar-refractivity contribution in [1.29, 1.82) is 0 Å². The summed E-state index contributed by atoms with van der Waals surface area (Å²) in [6.07, 6.45) is 10.0. The molecule has 5 aromatic rings. The zero-order chi connectivity index (χ0) is 39.6. The van der Waals surface area contributed by atoms with Crippen molar-refractivity contribution in [3.8, 4) is 11.3 Å². The second kappa shape index (κ2) is 16.2. The number of carbonyl (C=O) groups is 2. The number of benzene rings is 2. The summed E-state index contributed by atoms with van der Waals surface area (Å²) in [5.41, 5.74) is 4.31. The molecule has 0 radical (unpaired) electrons. The smallest absolute Gasteiger partial charge is 0.259 e. The van der Waals surface area contributed by atoms with Gasteiger partial charge in [-0.05, 0) is 73.2 Å². The van der Waals surface area contributed by atoms with Crippen LogP contribution in [0.5, 0.6) is 0 Å². The van der Waals surface area contributed by atoms with Crippen molar-refractivity contribution < 1.29 is 23.8 Å². The predicted molar refractivity (Wildman–Crippen MR) is 216 cm³/mol. The van der Waals surface area contributed by atoms with E-state index in [0.717, 1.165) is 56.9 Å². The van der Waals surface area contributed by atoms with Gasteiger partial charge in [0.15, 0.2) is 11.5 Å². The lowest BCUT2D eigenvalue weighted by atomic mass is 9.86. The molecule has 2 amide bonds. The molecule has 2 aliphatic heterocycles. The number of rotatable bonds is 10. The number of halogens is 1. The number of hydrogen-bond acceptors (Lipinski definition) is 10. The Kier molecular flexibility index (Phi) is 11.1. The number of amides is 2. The molecule has 2 saturated heterocycles. The van der Waals surface area contributed by atoms with E-state index in [1.807, 2.05) is 39.0 Å². The van der Waals surface area contributed by atoms with Crippen LogP contribution in [0.15, 0.2) is 79.9 Å². The van der Waals surface area contributed by atoms with Gasteiger partial charge in [-0.25, -0.2) is 19.3 Å². The standard InChI is InChI=1S/C42H48FN9O4/c1-6-37(54)47-34-22-28(8-10-36(34)52-18-17-50(23-26(52)2)29-12-19-56-20-13-29)46-39-40-45-15-16-51(40)24-35(48-39)30-11-14-44-38(32(30)25-53)49-41(55)31-9-7-27(21-33(31)43)42(3,4)5/h6-11,14-16,21-22,24,26,29,53H,1,12-13,17-20,23,25H2,2-5H3,(H,46,48)(H,47,54)(H,44,49,55)/t26-/m0/s1. The number of anilines is 5. The Hall–Kier alpha value is -5.70. The minimum atomic E-state index is -0.693. The third-order valence-electron chi connectivity index (χ3n) is 10.6. The third-order valence-corrected chi connectivity index (χ3v) is 10.6. The van der Waals surface area contributed by atoms with Crippen LogP contribution in [0.25, 0.3) is 16.9 Å². The van der Waals surface area contributed by atoms with Crippen LogP contribution in [0.1, 0.15) is 62.0 Å². The number of piperazine rings is 1. The summed E-state index contributed by atoms with van der Waals surface area (Å²) >= 11 is 0. The number of pyridine rings is 1. The van der Waals surface area contributed by atoms with Gasteiger partial charge in [-0.15, -0.1) is 0 Å². The molecule has 7 rings (SSSR count). The fourth-order valence-corrected chi connectivity index (χ4v) is 7.50. The molecule has 2 aromatic carbocycles. The zero-order valence-corrected chi connectivity index (χ0v) is 32.2. The first kappa shape index (κ1) is 38.6. The first-order valence-electron chi connectivity index (χ1n) is 18.9. The number of hydrogen-bond donors (Lipinski definition) is 4. The van der Waals surface area contributed by atoms with Gasteiger partial charge in [-0.2, -0.15) is 0 Å². The number of aliphatic hydroxyl groups is 1. The third kappa shape index (κ3) is 8.13. The number of imidazole rings is 1. The molecule has 14 heteroatoms. The molecule has 0 bridgehead atoms. The Morgan fingerprint density at radius 3 is 2.55 bits per heavy atom. The van der Waals surface area contributed by atoms with Crippen LogP contribution in [0.3, 0.4) is 0 Å². The number of aliphatic hydroxyl groups excluding tert-OH is 1. The maximum atomic E-state index is 15.1. The van der Waals surface area contributed by atoms with Gasteiger partial charge < -0.3 is 35.1 Å². The van der Waals surface area contributed by atoms with Crippen LogP contribution in [-0.4, -0.2) is 86.1 Å². The van der Waals surface area contributed by atoms with E-state index < -0.39 is 18.3 Å². The van der Waals surface area contributed by atoms with Crippen molar-refractivity contribution in [2.75, 3.05) is 53.7 Å². The van der Waals surface area contributed by atoms with Crippen LogP contribution in [0.4, 0.5) is 33.1 Å². The van der Waals surface area contributed by atoms with E-state index in [9.17, 15) is 14.7 Å². The van der Waals surface area contributed by atoms with Crippen molar-refractivity contribution in [3.63, 3.8) is 0 Å². The molecule has 292 valence electrons. The van der Waals surface area contributed by atoms with Gasteiger partial charge >= 0.3 is 0 Å². The van der Waals surface area contributed by atoms with Crippen LogP contribution in [0.2, 0.25) is 0 Å². The molecular weight excluding hydrogens is 714 g/mol. The first-order valence-corrected chi connectivity index (χ1v) is 18.9. The Morgan fingerprint density at radius 1 is 1.04 bits per heavy atom. The SMILES string of the molecule is C=CC(=O)Nc1cc(Nc2nc(-c3ccnc(NC(=O)c4ccc(C(C)(C)C)cc4F)c3CO)cn3ccnc23)ccc1N1CCN(C2CCOCC2)C[C@@H]1C. The minimum absolute atomic E-state index is 0.0809. The second-order valence-corrected chi connectivity index (χ2v) is 15.3. The van der Waals surface area contributed by atoms with Crippen LogP contribution in [0, 0.1) is 5.82 Å². The van der Waals surface area contributed by atoms with E-state index in [1.165, 1.54) is 24.4 Å². The van der Waals surface area contributed by atoms with E-state index in [0.29, 0.717) is 45.7 Å². The van der Waals surface area contributed by atoms with Crippen molar-refractivity contribution in [2.24, 2.45) is 0 Å². The summed E-state index contributed by atoms with van der Waals surface area (Å²) in [7, 11) is 0. The van der Waals surface area contributed by atoms with Gasteiger partial charge in [-0.1, -0.05) is 33.4 Å². The number of fused-ring (bicyclic) bond motifs is 1. The van der Waals surface area contributed by atoms with Crippen LogP contribution < -0.4 is 20.9 Å². The maximum Gasteiger partial charge on any atom is 0.259 e. The summed E-state index contributed by atoms with van der Waals surface area (Å²) in [6.45, 7) is 15.5. The van der Waals surface area contributed by atoms with Gasteiger partial charge in [0.2, 0.25) is 5.91 Å². The van der Waals surface area contributed by atoms with Crippen LogP contribution in [-0.2, 0) is 21.6 Å². The highest BCUT2D eigenvalue weighted by molar-refractivity contribution is 6.05. The van der Waals surface area contributed by atoms with E-state index in [-0.39, 0.29) is 28.7 Å². The van der Waals surface area contributed by atoms with E-state index in [4.69, 9.17) is 9.72 Å². The molecule has 3 aromatic heterocycles. The summed E-state index contributed by atoms with van der Waals surface area (Å²) in [5, 5.41) is 19.7. The zero-order valence-electron chi connectivity index (χ0n) is 32.2. The van der Waals surface area contributed by atoms with E-state index >= 15 is 4.39 Å². The number of aromatic nitrogens is 4. The molecule has 2 fully saturated rings. The van der Waals surface area contributed by atoms with Gasteiger partial charge in [-0.3, -0.25) is 14.5 Å². The molecule has 0 aliphatic carbocycles. The fourth-order valence-electron chi connectivity index (χ4n) is 7.50. The minimum Gasteiger partial charge on any atom is -0.392 e. The summed E-state index contributed by atoms with van der Waals surface area (Å²) < 4.78 is 22.5. The number of carbonyl (C=O) groups excluding carboxylic acids is 2. The highest BCUT2D eigenvalue weighted by Crippen LogP contribution is 2.35. The van der Waals surface area contributed by atoms with Crippen molar-refractivity contribution >= 4 is 46.2 Å². The van der Waals surface area contributed by atoms with Gasteiger partial charge in [0, 0.05) is 86.5 Å². The number of nitrogens with one attached hydrogen (secondary N) is 3. The largest absolute Gasteiger partial charge is 0.392 e. The van der Waals surface area contributed by atoms with Crippen molar-refractivity contribution in [2.45, 2.75) is 64.6 Å². The average molecular weight is 762 g/mol. The molecule has 0 unspecified atom stereocenters. The highest BCUT2D eigenvalue weighted by Gasteiger charge is 2.31. The molecule has 4 N–H and O–H groups in total. The van der Waals surface area contributed by atoms with Crippen molar-refractivity contribution in [3.05, 3.63) is 102 Å². The molecule has 5 heterocycles. The Morgan fingerprint density at radius 2 is 1.84 bits per heavy atom. The molecule has 0 saturated carbocycles. The normalized spacial score (nSPS) is 16.8. The second-order valence-electron chi connectivity index (χ2n) is 15.3. The summed E-state index contributed by atoms with van der Waals surface area (Å²) in [5.74, 6) is -1.18. The molecule has 13 nitrogen and oxygen atoms in total. The molecule has 2 aliphatic rings. The Balaban J connectivity index is 1.17. The Bertz CT molecular complexity index is 2260. The van der Waals surface area contributed by atoms with E-state index in [1.54, 1.807) is 35.1 Å². The Labute approximate surface area is 325 Å². The fraction of sp³-hybridized carbons (Fsp3) is 0.357. The number of ether oxygens (including phenoxy) is 1. The molecule has 0 spiro atoms. The predicted octanol–water partition coefficient (Wildman–Crippen LogP) is 6.53. The first-order chi connectivity index (χ1) is 26.9. The highest BCUT2D eigenvalue weighted by atomic mass is 19.1. The van der Waals surface area contributed by atoms with Gasteiger partial charge in [0.05, 0.1) is 29.2 Å². The van der Waals surface area contributed by atoms with Gasteiger partial charge in [0.1, 0.15) is 11.6 Å². The van der Waals surface area contributed by atoms with Crippen molar-refractivity contribution in [1.82, 2.24) is 24.3 Å². The van der Waals surface area contributed by atoms with E-state index in [2.05, 4.69) is 49.2 Å². The summed E-state index contributed by atoms with van der Waals surface area (Å²) in [6, 6.07) is 12.8. The van der Waals surface area contributed by atoms with Gasteiger partial charge in [0.25, 0.3) is 5.91 Å².